The van der Waals surface area contributed by atoms with E-state index in [-0.39, 0.29) is 12.2 Å². The van der Waals surface area contributed by atoms with E-state index in [4.69, 9.17) is 4.74 Å². The number of nitrogens with one attached hydrogen (secondary N) is 2. The molecule has 0 aliphatic heterocycles. The number of fused-ring (bicyclic) bond motifs is 1. The van der Waals surface area contributed by atoms with Gasteiger partial charge in [-0.25, -0.2) is 5.43 Å². The average molecular weight is 349 g/mol. The Morgan fingerprint density at radius 3 is 2.81 bits per heavy atom. The first kappa shape index (κ1) is 17.4. The van der Waals surface area contributed by atoms with Gasteiger partial charge < -0.3 is 9.72 Å². The molecule has 6 heteroatoms. The predicted molar refractivity (Wildman–Crippen MR) is 102 cm³/mol. The number of aryl methyl sites for hydroxylation is 2. The zero-order valence-corrected chi connectivity index (χ0v) is 14.6. The maximum absolute atomic E-state index is 12.0. The van der Waals surface area contributed by atoms with Crippen molar-refractivity contribution in [3.63, 3.8) is 0 Å². The molecular weight excluding hydrogens is 330 g/mol. The van der Waals surface area contributed by atoms with Gasteiger partial charge in [0.1, 0.15) is 5.75 Å². The first-order valence-electron chi connectivity index (χ1n) is 8.17. The van der Waals surface area contributed by atoms with E-state index in [1.165, 1.54) is 6.21 Å². The van der Waals surface area contributed by atoms with Crippen molar-refractivity contribution in [1.29, 1.82) is 0 Å². The smallest absolute Gasteiger partial charge is 0.277 e. The van der Waals surface area contributed by atoms with Gasteiger partial charge in [0, 0.05) is 5.52 Å². The van der Waals surface area contributed by atoms with Gasteiger partial charge in [0.2, 0.25) is 0 Å². The van der Waals surface area contributed by atoms with Crippen LogP contribution in [0.4, 0.5) is 0 Å². The van der Waals surface area contributed by atoms with Crippen molar-refractivity contribution in [1.82, 2.24) is 10.4 Å². The number of amides is 1. The van der Waals surface area contributed by atoms with Gasteiger partial charge in [-0.15, -0.1) is 0 Å². The number of para-hydroxylation sites is 1. The molecule has 26 heavy (non-hydrogen) atoms. The molecule has 0 aliphatic rings. The fraction of sp³-hybridized carbons (Fsp3) is 0.150. The van der Waals surface area contributed by atoms with Crippen LogP contribution in [0.15, 0.2) is 58.4 Å². The van der Waals surface area contributed by atoms with Crippen LogP contribution in [0.25, 0.3) is 10.9 Å². The van der Waals surface area contributed by atoms with E-state index < -0.39 is 5.91 Å². The number of hydrogen-bond acceptors (Lipinski definition) is 4. The Bertz CT molecular complexity index is 1040. The molecule has 0 aliphatic carbocycles. The number of carbonyl (C=O) groups is 1. The molecule has 1 heterocycles. The fourth-order valence-corrected chi connectivity index (χ4v) is 2.57. The Hall–Kier alpha value is -3.41. The third kappa shape index (κ3) is 4.16. The molecule has 0 atom stereocenters. The maximum atomic E-state index is 12.0. The van der Waals surface area contributed by atoms with Gasteiger partial charge in [0.25, 0.3) is 11.5 Å². The SMILES string of the molecule is Cc1ccc(OCC(=O)N/N=C/c2cc3ccccc3[nH]c2=O)c(C)c1. The molecule has 2 N–H and O–H groups in total. The van der Waals surface area contributed by atoms with Crippen molar-refractivity contribution < 1.29 is 9.53 Å². The Morgan fingerprint density at radius 1 is 1.19 bits per heavy atom. The minimum atomic E-state index is -0.404. The van der Waals surface area contributed by atoms with Gasteiger partial charge in [0.05, 0.1) is 11.8 Å². The molecule has 0 fully saturated rings. The number of hydrogen-bond donors (Lipinski definition) is 2. The first-order chi connectivity index (χ1) is 12.5. The molecule has 3 aromatic rings. The second kappa shape index (κ2) is 7.65. The lowest BCUT2D eigenvalue weighted by molar-refractivity contribution is -0.123. The van der Waals surface area contributed by atoms with Crippen LogP contribution in [0.1, 0.15) is 16.7 Å². The number of ether oxygens (including phenoxy) is 1. The summed E-state index contributed by atoms with van der Waals surface area (Å²) in [5.41, 5.74) is 5.29. The monoisotopic (exact) mass is 349 g/mol. The van der Waals surface area contributed by atoms with E-state index in [0.717, 1.165) is 22.0 Å². The van der Waals surface area contributed by atoms with Crippen LogP contribution in [0.3, 0.4) is 0 Å². The summed E-state index contributed by atoms with van der Waals surface area (Å²) in [7, 11) is 0. The van der Waals surface area contributed by atoms with Crippen molar-refractivity contribution in [2.45, 2.75) is 13.8 Å². The lowest BCUT2D eigenvalue weighted by Gasteiger charge is -2.08. The van der Waals surface area contributed by atoms with Gasteiger partial charge in [0.15, 0.2) is 6.61 Å². The van der Waals surface area contributed by atoms with Crippen LogP contribution in [-0.2, 0) is 4.79 Å². The highest BCUT2D eigenvalue weighted by molar-refractivity contribution is 5.88. The molecule has 1 amide bonds. The van der Waals surface area contributed by atoms with Gasteiger partial charge in [-0.1, -0.05) is 35.9 Å². The number of hydrazone groups is 1. The van der Waals surface area contributed by atoms with E-state index in [1.54, 1.807) is 6.07 Å². The molecule has 6 nitrogen and oxygen atoms in total. The summed E-state index contributed by atoms with van der Waals surface area (Å²) in [6, 6.07) is 14.9. The Morgan fingerprint density at radius 2 is 2.00 bits per heavy atom. The van der Waals surface area contributed by atoms with Gasteiger partial charge >= 0.3 is 0 Å². The van der Waals surface area contributed by atoms with Gasteiger partial charge in [-0.05, 0) is 43.0 Å². The van der Waals surface area contributed by atoms with Crippen LogP contribution in [0, 0.1) is 13.8 Å². The second-order valence-corrected chi connectivity index (χ2v) is 5.99. The maximum Gasteiger partial charge on any atom is 0.277 e. The molecule has 0 saturated heterocycles. The number of pyridine rings is 1. The number of benzene rings is 2. The van der Waals surface area contributed by atoms with Crippen LogP contribution < -0.4 is 15.7 Å². The summed E-state index contributed by atoms with van der Waals surface area (Å²) < 4.78 is 5.48. The topological polar surface area (TPSA) is 83.5 Å². The summed E-state index contributed by atoms with van der Waals surface area (Å²) in [5, 5.41) is 4.72. The van der Waals surface area contributed by atoms with E-state index in [1.807, 2.05) is 56.3 Å². The highest BCUT2D eigenvalue weighted by Gasteiger charge is 2.05. The summed E-state index contributed by atoms with van der Waals surface area (Å²) in [6.45, 7) is 3.76. The zero-order chi connectivity index (χ0) is 18.5. The number of aromatic amines is 1. The van der Waals surface area contributed by atoms with Crippen molar-refractivity contribution >= 4 is 23.0 Å². The zero-order valence-electron chi connectivity index (χ0n) is 14.6. The molecule has 3 rings (SSSR count). The quantitative estimate of drug-likeness (QED) is 0.549. The van der Waals surface area contributed by atoms with Crippen molar-refractivity contribution in [3.05, 3.63) is 75.6 Å². The third-order valence-electron chi connectivity index (χ3n) is 3.86. The van der Waals surface area contributed by atoms with Crippen LogP contribution in [-0.4, -0.2) is 23.7 Å². The standard InChI is InChI=1S/C20H19N3O3/c1-13-7-8-18(14(2)9-13)26-12-19(24)23-21-11-16-10-15-5-3-4-6-17(15)22-20(16)25/h3-11H,12H2,1-2H3,(H,22,25)(H,23,24)/b21-11+. The largest absolute Gasteiger partial charge is 0.483 e. The van der Waals surface area contributed by atoms with Crippen LogP contribution in [0.5, 0.6) is 5.75 Å². The van der Waals surface area contributed by atoms with Gasteiger partial charge in [-0.3, -0.25) is 9.59 Å². The van der Waals surface area contributed by atoms with Crippen LogP contribution in [0.2, 0.25) is 0 Å². The fourth-order valence-electron chi connectivity index (χ4n) is 2.57. The summed E-state index contributed by atoms with van der Waals surface area (Å²) >= 11 is 0. The number of aromatic nitrogens is 1. The Kier molecular flexibility index (Phi) is 5.12. The lowest BCUT2D eigenvalue weighted by Crippen LogP contribution is -2.25. The lowest BCUT2D eigenvalue weighted by atomic mass is 10.1. The number of carbonyl (C=O) groups excluding carboxylic acids is 1. The Balaban J connectivity index is 1.60. The van der Waals surface area contributed by atoms with Crippen LogP contribution >= 0.6 is 0 Å². The van der Waals surface area contributed by atoms with Crippen molar-refractivity contribution in [2.24, 2.45) is 5.10 Å². The van der Waals surface area contributed by atoms with Crippen molar-refractivity contribution in [2.75, 3.05) is 6.61 Å². The Labute approximate surface area is 150 Å². The summed E-state index contributed by atoms with van der Waals surface area (Å²) in [5.74, 6) is 0.249. The highest BCUT2D eigenvalue weighted by atomic mass is 16.5. The molecule has 132 valence electrons. The number of H-pyrrole nitrogens is 1. The third-order valence-corrected chi connectivity index (χ3v) is 3.86. The average Bonchev–Trinajstić information content (AvgIpc) is 2.61. The van der Waals surface area contributed by atoms with Gasteiger partial charge in [-0.2, -0.15) is 5.10 Å². The minimum absolute atomic E-state index is 0.157. The van der Waals surface area contributed by atoms with E-state index in [9.17, 15) is 9.59 Å². The summed E-state index contributed by atoms with van der Waals surface area (Å²) in [4.78, 5) is 26.6. The normalized spacial score (nSPS) is 11.0. The van der Waals surface area contributed by atoms with E-state index >= 15 is 0 Å². The van der Waals surface area contributed by atoms with E-state index in [0.29, 0.717) is 11.3 Å². The highest BCUT2D eigenvalue weighted by Crippen LogP contribution is 2.18. The van der Waals surface area contributed by atoms with Crippen molar-refractivity contribution in [3.8, 4) is 5.75 Å². The molecule has 0 bridgehead atoms. The molecule has 0 radical (unpaired) electrons. The molecule has 0 unspecified atom stereocenters. The predicted octanol–water partition coefficient (Wildman–Crippen LogP) is 2.67. The molecule has 0 saturated carbocycles. The minimum Gasteiger partial charge on any atom is -0.483 e. The molecule has 2 aromatic carbocycles. The molecule has 1 aromatic heterocycles. The first-order valence-corrected chi connectivity index (χ1v) is 8.17. The molecular formula is C20H19N3O3. The number of rotatable bonds is 5. The summed E-state index contributed by atoms with van der Waals surface area (Å²) in [6.07, 6.45) is 1.32. The second-order valence-electron chi connectivity index (χ2n) is 5.99. The number of nitrogens with zero attached hydrogens (tertiary/aromatic N) is 1. The molecule has 0 spiro atoms. The van der Waals surface area contributed by atoms with E-state index in [2.05, 4.69) is 15.5 Å².